The van der Waals surface area contributed by atoms with E-state index in [1.54, 1.807) is 6.20 Å². The number of aryl methyl sites for hydroxylation is 2. The summed E-state index contributed by atoms with van der Waals surface area (Å²) in [5, 5.41) is 7.45. The lowest BCUT2D eigenvalue weighted by Crippen LogP contribution is -2.46. The summed E-state index contributed by atoms with van der Waals surface area (Å²) < 4.78 is 1.96. The average Bonchev–Trinajstić information content (AvgIpc) is 3.12. The van der Waals surface area contributed by atoms with Crippen molar-refractivity contribution >= 4 is 6.03 Å². The highest BCUT2D eigenvalue weighted by molar-refractivity contribution is 5.74. The Bertz CT molecular complexity index is 695. The number of rotatable bonds is 3. The van der Waals surface area contributed by atoms with E-state index < -0.39 is 0 Å². The Labute approximate surface area is 143 Å². The Hall–Kier alpha value is -2.30. The van der Waals surface area contributed by atoms with E-state index in [2.05, 4.69) is 42.5 Å². The van der Waals surface area contributed by atoms with Crippen LogP contribution in [0.15, 0.2) is 36.7 Å². The molecule has 2 amide bonds. The van der Waals surface area contributed by atoms with Crippen LogP contribution in [-0.2, 0) is 0 Å². The molecule has 0 saturated carbocycles. The van der Waals surface area contributed by atoms with E-state index in [4.69, 9.17) is 0 Å². The molecule has 2 unspecified atom stereocenters. The highest BCUT2D eigenvalue weighted by atomic mass is 16.2. The highest BCUT2D eigenvalue weighted by Gasteiger charge is 2.25. The smallest absolute Gasteiger partial charge is 0.317 e. The van der Waals surface area contributed by atoms with E-state index in [1.807, 2.05) is 28.8 Å². The number of carbonyl (C=O) groups excluding carboxylic acids is 1. The maximum atomic E-state index is 12.6. The van der Waals surface area contributed by atoms with Gasteiger partial charge in [-0.15, -0.1) is 0 Å². The molecular weight excluding hydrogens is 300 g/mol. The number of likely N-dealkylation sites (tertiary alicyclic amines) is 1. The third-order valence-corrected chi connectivity index (χ3v) is 4.95. The minimum atomic E-state index is 0.00174. The normalized spacial score (nSPS) is 19.1. The van der Waals surface area contributed by atoms with Crippen molar-refractivity contribution in [2.75, 3.05) is 13.1 Å². The molecule has 2 aromatic rings. The lowest BCUT2D eigenvalue weighted by Gasteiger charge is -2.33. The number of amides is 2. The summed E-state index contributed by atoms with van der Waals surface area (Å²) in [7, 11) is 0. The number of carbonyl (C=O) groups is 1. The van der Waals surface area contributed by atoms with E-state index in [9.17, 15) is 4.79 Å². The predicted molar refractivity (Wildman–Crippen MR) is 94.9 cm³/mol. The first-order valence-corrected chi connectivity index (χ1v) is 8.66. The molecule has 0 radical (unpaired) electrons. The molecule has 1 saturated heterocycles. The first-order chi connectivity index (χ1) is 11.5. The van der Waals surface area contributed by atoms with Crippen LogP contribution in [0.5, 0.6) is 0 Å². The minimum Gasteiger partial charge on any atom is -0.331 e. The van der Waals surface area contributed by atoms with Crippen molar-refractivity contribution in [1.29, 1.82) is 0 Å². The fraction of sp³-hybridized carbons (Fsp3) is 0.474. The zero-order valence-electron chi connectivity index (χ0n) is 14.7. The van der Waals surface area contributed by atoms with Crippen molar-refractivity contribution in [1.82, 2.24) is 20.0 Å². The van der Waals surface area contributed by atoms with Gasteiger partial charge >= 0.3 is 6.03 Å². The van der Waals surface area contributed by atoms with E-state index in [-0.39, 0.29) is 18.1 Å². The van der Waals surface area contributed by atoms with Crippen molar-refractivity contribution in [3.63, 3.8) is 0 Å². The van der Waals surface area contributed by atoms with E-state index in [1.165, 1.54) is 11.1 Å². The molecule has 5 heteroatoms. The van der Waals surface area contributed by atoms with E-state index in [0.717, 1.165) is 24.9 Å². The van der Waals surface area contributed by atoms with Gasteiger partial charge in [0, 0.05) is 25.5 Å². The molecule has 2 heterocycles. The number of urea groups is 1. The quantitative estimate of drug-likeness (QED) is 0.937. The van der Waals surface area contributed by atoms with Crippen molar-refractivity contribution in [2.45, 2.75) is 45.7 Å². The summed E-state index contributed by atoms with van der Waals surface area (Å²) in [6.45, 7) is 7.77. The van der Waals surface area contributed by atoms with Gasteiger partial charge in [-0.05, 0) is 56.4 Å². The lowest BCUT2D eigenvalue weighted by atomic mass is 10.0. The largest absolute Gasteiger partial charge is 0.331 e. The maximum absolute atomic E-state index is 12.6. The number of aromatic nitrogens is 2. The molecule has 1 aromatic heterocycles. The van der Waals surface area contributed by atoms with Gasteiger partial charge in [-0.2, -0.15) is 5.10 Å². The fourth-order valence-electron chi connectivity index (χ4n) is 3.25. The number of nitrogens with zero attached hydrogens (tertiary/aromatic N) is 3. The maximum Gasteiger partial charge on any atom is 0.317 e. The van der Waals surface area contributed by atoms with Gasteiger partial charge in [0.15, 0.2) is 0 Å². The van der Waals surface area contributed by atoms with Crippen LogP contribution in [0.4, 0.5) is 4.79 Å². The lowest BCUT2D eigenvalue weighted by molar-refractivity contribution is 0.160. The van der Waals surface area contributed by atoms with Crippen molar-refractivity contribution in [2.24, 2.45) is 0 Å². The molecule has 2 atom stereocenters. The monoisotopic (exact) mass is 326 g/mol. The molecule has 1 fully saturated rings. The van der Waals surface area contributed by atoms with Crippen LogP contribution in [0.3, 0.4) is 0 Å². The summed E-state index contributed by atoms with van der Waals surface area (Å²) in [5.74, 6) is 0. The molecule has 0 spiro atoms. The van der Waals surface area contributed by atoms with Crippen LogP contribution in [0.25, 0.3) is 0 Å². The molecule has 1 aliphatic rings. The molecule has 3 rings (SSSR count). The van der Waals surface area contributed by atoms with Crippen molar-refractivity contribution in [3.05, 3.63) is 53.3 Å². The van der Waals surface area contributed by atoms with Crippen LogP contribution < -0.4 is 5.32 Å². The van der Waals surface area contributed by atoms with Crippen LogP contribution in [0.1, 0.15) is 48.5 Å². The Morgan fingerprint density at radius 3 is 2.88 bits per heavy atom. The number of hydrogen-bond acceptors (Lipinski definition) is 2. The van der Waals surface area contributed by atoms with Crippen LogP contribution in [0, 0.1) is 13.8 Å². The predicted octanol–water partition coefficient (Wildman–Crippen LogP) is 3.61. The molecule has 1 aliphatic heterocycles. The second kappa shape index (κ2) is 7.07. The topological polar surface area (TPSA) is 50.2 Å². The van der Waals surface area contributed by atoms with Gasteiger partial charge in [0.05, 0.1) is 12.1 Å². The second-order valence-electron chi connectivity index (χ2n) is 6.74. The molecular formula is C19H26N4O. The Kier molecular flexibility index (Phi) is 4.88. The van der Waals surface area contributed by atoms with Gasteiger partial charge in [-0.1, -0.05) is 18.2 Å². The SMILES string of the molecule is Cc1ccc(C(C)NC(=O)N2CCCC(n3cccn3)C2)cc1C. The zero-order valence-corrected chi connectivity index (χ0v) is 14.7. The molecule has 5 nitrogen and oxygen atoms in total. The molecule has 0 aliphatic carbocycles. The Balaban J connectivity index is 1.62. The Morgan fingerprint density at radius 1 is 1.33 bits per heavy atom. The summed E-state index contributed by atoms with van der Waals surface area (Å²) in [5.41, 5.74) is 3.67. The van der Waals surface area contributed by atoms with Crippen LogP contribution >= 0.6 is 0 Å². The third kappa shape index (κ3) is 3.61. The van der Waals surface area contributed by atoms with Crippen molar-refractivity contribution in [3.8, 4) is 0 Å². The molecule has 0 bridgehead atoms. The van der Waals surface area contributed by atoms with Gasteiger partial charge in [0.1, 0.15) is 0 Å². The number of hydrogen-bond donors (Lipinski definition) is 1. The van der Waals surface area contributed by atoms with Gasteiger partial charge < -0.3 is 10.2 Å². The number of piperidine rings is 1. The zero-order chi connectivity index (χ0) is 17.1. The third-order valence-electron chi connectivity index (χ3n) is 4.95. The molecule has 1 N–H and O–H groups in total. The van der Waals surface area contributed by atoms with Crippen LogP contribution in [0.2, 0.25) is 0 Å². The van der Waals surface area contributed by atoms with E-state index in [0.29, 0.717) is 6.54 Å². The van der Waals surface area contributed by atoms with Gasteiger partial charge in [0.2, 0.25) is 0 Å². The Morgan fingerprint density at radius 2 is 2.17 bits per heavy atom. The minimum absolute atomic E-state index is 0.00174. The van der Waals surface area contributed by atoms with Gasteiger partial charge in [-0.3, -0.25) is 4.68 Å². The first kappa shape index (κ1) is 16.6. The standard InChI is InChI=1S/C19H26N4O/c1-14-7-8-17(12-15(14)2)16(3)21-19(24)22-10-4-6-18(13-22)23-11-5-9-20-23/h5,7-9,11-12,16,18H,4,6,10,13H2,1-3H3,(H,21,24). The average molecular weight is 326 g/mol. The second-order valence-corrected chi connectivity index (χ2v) is 6.74. The summed E-state index contributed by atoms with van der Waals surface area (Å²) in [6, 6.07) is 8.58. The summed E-state index contributed by atoms with van der Waals surface area (Å²) >= 11 is 0. The van der Waals surface area contributed by atoms with Gasteiger partial charge in [0.25, 0.3) is 0 Å². The first-order valence-electron chi connectivity index (χ1n) is 8.66. The fourth-order valence-corrected chi connectivity index (χ4v) is 3.25. The van der Waals surface area contributed by atoms with Crippen LogP contribution in [-0.4, -0.2) is 33.8 Å². The number of nitrogens with one attached hydrogen (secondary N) is 1. The van der Waals surface area contributed by atoms with E-state index >= 15 is 0 Å². The highest BCUT2D eigenvalue weighted by Crippen LogP contribution is 2.22. The summed E-state index contributed by atoms with van der Waals surface area (Å²) in [4.78, 5) is 14.5. The van der Waals surface area contributed by atoms with Gasteiger partial charge in [-0.25, -0.2) is 4.79 Å². The summed E-state index contributed by atoms with van der Waals surface area (Å²) in [6.07, 6.45) is 5.85. The van der Waals surface area contributed by atoms with Crippen molar-refractivity contribution < 1.29 is 4.79 Å². The molecule has 1 aromatic carbocycles. The molecule has 24 heavy (non-hydrogen) atoms. The molecule has 128 valence electrons. The number of benzene rings is 1.